The van der Waals surface area contributed by atoms with Gasteiger partial charge in [0.15, 0.2) is 0 Å². The van der Waals surface area contributed by atoms with Crippen LogP contribution in [-0.2, 0) is 10.2 Å². The third-order valence-electron chi connectivity index (χ3n) is 2.79. The first-order chi connectivity index (χ1) is 7.50. The molecule has 1 unspecified atom stereocenters. The monoisotopic (exact) mass is 241 g/mol. The lowest BCUT2D eigenvalue weighted by Crippen LogP contribution is -2.37. The van der Waals surface area contributed by atoms with Gasteiger partial charge in [0.05, 0.1) is 5.69 Å². The molecular weight excluding hydrogens is 226 g/mol. The van der Waals surface area contributed by atoms with Crippen molar-refractivity contribution in [2.45, 2.75) is 18.9 Å². The zero-order valence-corrected chi connectivity index (χ0v) is 9.65. The van der Waals surface area contributed by atoms with E-state index in [-0.39, 0.29) is 6.04 Å². The van der Waals surface area contributed by atoms with Gasteiger partial charge in [0.25, 0.3) is 10.2 Å². The fourth-order valence-electron chi connectivity index (χ4n) is 2.02. The van der Waals surface area contributed by atoms with E-state index in [1.54, 1.807) is 12.1 Å². The number of hydrogen-bond acceptors (Lipinski definition) is 3. The summed E-state index contributed by atoms with van der Waals surface area (Å²) >= 11 is 0. The van der Waals surface area contributed by atoms with Crippen LogP contribution in [0.25, 0.3) is 0 Å². The van der Waals surface area contributed by atoms with Gasteiger partial charge in [-0.2, -0.15) is 8.42 Å². The van der Waals surface area contributed by atoms with Gasteiger partial charge in [0.2, 0.25) is 0 Å². The molecule has 0 saturated carbocycles. The van der Waals surface area contributed by atoms with E-state index in [1.165, 1.54) is 4.31 Å². The van der Waals surface area contributed by atoms with Crippen LogP contribution in [-0.4, -0.2) is 15.0 Å². The van der Waals surface area contributed by atoms with Gasteiger partial charge in [0, 0.05) is 12.6 Å². The van der Waals surface area contributed by atoms with Crippen molar-refractivity contribution in [1.82, 2.24) is 0 Å². The van der Waals surface area contributed by atoms with E-state index in [0.717, 1.165) is 12.0 Å². The van der Waals surface area contributed by atoms with E-state index >= 15 is 0 Å². The van der Waals surface area contributed by atoms with Crippen molar-refractivity contribution in [3.63, 3.8) is 0 Å². The summed E-state index contributed by atoms with van der Waals surface area (Å²) in [6.45, 7) is 0.392. The van der Waals surface area contributed by atoms with Gasteiger partial charge in [-0.25, -0.2) is 5.14 Å². The highest BCUT2D eigenvalue weighted by Gasteiger charge is 2.25. The summed E-state index contributed by atoms with van der Waals surface area (Å²) in [5.74, 6) is 0. The predicted molar refractivity (Wildman–Crippen MR) is 63.1 cm³/mol. The van der Waals surface area contributed by atoms with Crippen molar-refractivity contribution >= 4 is 15.9 Å². The first-order valence-electron chi connectivity index (χ1n) is 5.15. The van der Waals surface area contributed by atoms with E-state index in [1.807, 2.05) is 12.1 Å². The van der Waals surface area contributed by atoms with Crippen LogP contribution in [0.3, 0.4) is 0 Å². The highest BCUT2D eigenvalue weighted by Crippen LogP contribution is 2.32. The second-order valence-electron chi connectivity index (χ2n) is 3.92. The van der Waals surface area contributed by atoms with Crippen molar-refractivity contribution in [3.05, 3.63) is 29.8 Å². The highest BCUT2D eigenvalue weighted by molar-refractivity contribution is 7.90. The van der Waals surface area contributed by atoms with Crippen LogP contribution in [0.15, 0.2) is 24.3 Å². The Morgan fingerprint density at radius 1 is 1.31 bits per heavy atom. The first kappa shape index (κ1) is 11.4. The maximum absolute atomic E-state index is 11.5. The molecular formula is C10H15N3O2S. The van der Waals surface area contributed by atoms with E-state index in [9.17, 15) is 8.42 Å². The molecule has 0 amide bonds. The molecule has 1 aromatic rings. The molecule has 0 bridgehead atoms. The number of rotatable bonds is 1. The topological polar surface area (TPSA) is 89.4 Å². The van der Waals surface area contributed by atoms with Crippen LogP contribution >= 0.6 is 0 Å². The third-order valence-corrected chi connectivity index (χ3v) is 3.78. The number of hydrogen-bond donors (Lipinski definition) is 2. The van der Waals surface area contributed by atoms with Crippen molar-refractivity contribution in [1.29, 1.82) is 0 Å². The molecule has 0 aromatic heterocycles. The molecule has 1 aliphatic rings. The number of para-hydroxylation sites is 1. The Morgan fingerprint density at radius 3 is 2.69 bits per heavy atom. The molecule has 16 heavy (non-hydrogen) atoms. The van der Waals surface area contributed by atoms with Gasteiger partial charge in [-0.15, -0.1) is 0 Å². The molecule has 1 heterocycles. The summed E-state index contributed by atoms with van der Waals surface area (Å²) in [6.07, 6.45) is 1.48. The Balaban J connectivity index is 2.56. The van der Waals surface area contributed by atoms with Crippen molar-refractivity contribution in [3.8, 4) is 0 Å². The van der Waals surface area contributed by atoms with Crippen LogP contribution < -0.4 is 15.2 Å². The summed E-state index contributed by atoms with van der Waals surface area (Å²) in [7, 11) is -3.71. The quantitative estimate of drug-likeness (QED) is 0.749. The Bertz CT molecular complexity index is 487. The molecule has 4 N–H and O–H groups in total. The van der Waals surface area contributed by atoms with Crippen molar-refractivity contribution in [2.75, 3.05) is 10.8 Å². The molecule has 0 radical (unpaired) electrons. The van der Waals surface area contributed by atoms with Crippen LogP contribution in [0, 0.1) is 0 Å². The average Bonchev–Trinajstić information content (AvgIpc) is 2.38. The van der Waals surface area contributed by atoms with Crippen molar-refractivity contribution in [2.24, 2.45) is 10.9 Å². The Labute approximate surface area is 95.2 Å². The van der Waals surface area contributed by atoms with Crippen LogP contribution in [0.1, 0.15) is 24.4 Å². The number of nitrogens with zero attached hydrogens (tertiary/aromatic N) is 1. The van der Waals surface area contributed by atoms with E-state index in [4.69, 9.17) is 10.9 Å². The van der Waals surface area contributed by atoms with Gasteiger partial charge in [-0.1, -0.05) is 18.2 Å². The molecule has 2 rings (SSSR count). The van der Waals surface area contributed by atoms with Gasteiger partial charge in [-0.3, -0.25) is 4.31 Å². The minimum Gasteiger partial charge on any atom is -0.324 e. The second-order valence-corrected chi connectivity index (χ2v) is 5.40. The molecule has 0 saturated heterocycles. The summed E-state index contributed by atoms with van der Waals surface area (Å²) in [5.41, 5.74) is 7.44. The molecule has 1 aliphatic heterocycles. The summed E-state index contributed by atoms with van der Waals surface area (Å²) in [5, 5.41) is 5.20. The smallest absolute Gasteiger partial charge is 0.299 e. The Morgan fingerprint density at radius 2 is 2.00 bits per heavy atom. The number of anilines is 1. The normalized spacial score (nSPS) is 21.4. The van der Waals surface area contributed by atoms with Crippen molar-refractivity contribution < 1.29 is 8.42 Å². The minimum atomic E-state index is -3.71. The lowest BCUT2D eigenvalue weighted by Gasteiger charge is -2.22. The maximum Gasteiger partial charge on any atom is 0.299 e. The lowest BCUT2D eigenvalue weighted by atomic mass is 10.0. The third kappa shape index (κ3) is 2.04. The van der Waals surface area contributed by atoms with Gasteiger partial charge in [0.1, 0.15) is 0 Å². The van der Waals surface area contributed by atoms with Gasteiger partial charge >= 0.3 is 0 Å². The SMILES string of the molecule is NC1CCCN(S(N)(=O)=O)c2ccccc21. The minimum absolute atomic E-state index is 0.122. The highest BCUT2D eigenvalue weighted by atomic mass is 32.2. The second kappa shape index (κ2) is 4.04. The standard InChI is InChI=1S/C10H15N3O2S/c11-9-5-3-7-13(16(12,14)15)10-6-2-1-4-8(9)10/h1-2,4,6,9H,3,5,7,11H2,(H2,12,14,15). The van der Waals surface area contributed by atoms with E-state index < -0.39 is 10.2 Å². The molecule has 6 heteroatoms. The molecule has 88 valence electrons. The first-order valence-corrected chi connectivity index (χ1v) is 6.65. The zero-order chi connectivity index (χ0) is 11.8. The molecule has 1 aromatic carbocycles. The maximum atomic E-state index is 11.5. The Kier molecular flexibility index (Phi) is 2.88. The molecule has 1 atom stereocenters. The van der Waals surface area contributed by atoms with Gasteiger partial charge in [-0.05, 0) is 24.5 Å². The number of fused-ring (bicyclic) bond motifs is 1. The predicted octanol–water partition coefficient (Wildman–Crippen LogP) is 0.490. The van der Waals surface area contributed by atoms with Gasteiger partial charge < -0.3 is 5.73 Å². The Hall–Kier alpha value is -1.11. The van der Waals surface area contributed by atoms with E-state index in [2.05, 4.69) is 0 Å². The van der Waals surface area contributed by atoms with E-state index in [0.29, 0.717) is 18.7 Å². The molecule has 0 fully saturated rings. The largest absolute Gasteiger partial charge is 0.324 e. The number of benzene rings is 1. The molecule has 0 spiro atoms. The van der Waals surface area contributed by atoms with Crippen LogP contribution in [0.2, 0.25) is 0 Å². The molecule has 0 aliphatic carbocycles. The summed E-state index contributed by atoms with van der Waals surface area (Å²) in [4.78, 5) is 0. The average molecular weight is 241 g/mol. The number of nitrogens with two attached hydrogens (primary N) is 2. The molecule has 5 nitrogen and oxygen atoms in total. The zero-order valence-electron chi connectivity index (χ0n) is 8.83. The summed E-state index contributed by atoms with van der Waals surface area (Å²) in [6, 6.07) is 7.11. The fraction of sp³-hybridized carbons (Fsp3) is 0.400. The lowest BCUT2D eigenvalue weighted by molar-refractivity contribution is 0.588. The fourth-order valence-corrected chi connectivity index (χ4v) is 2.85. The summed E-state index contributed by atoms with van der Waals surface area (Å²) < 4.78 is 24.2. The van der Waals surface area contributed by atoms with Crippen LogP contribution in [0.5, 0.6) is 0 Å². The van der Waals surface area contributed by atoms with Crippen LogP contribution in [0.4, 0.5) is 5.69 Å².